The van der Waals surface area contributed by atoms with E-state index in [0.29, 0.717) is 5.01 Å². The molecule has 1 aromatic carbocycles. The molecule has 0 fully saturated rings. The van der Waals surface area contributed by atoms with Crippen LogP contribution in [0.3, 0.4) is 0 Å². The van der Waals surface area contributed by atoms with E-state index < -0.39 is 12.0 Å². The van der Waals surface area contributed by atoms with Gasteiger partial charge in [-0.3, -0.25) is 4.79 Å². The van der Waals surface area contributed by atoms with Crippen LogP contribution < -0.4 is 5.73 Å². The molecule has 0 bridgehead atoms. The molecule has 5 nitrogen and oxygen atoms in total. The molecular formula is C13H11N3O2S. The molecule has 0 aliphatic carbocycles. The van der Waals surface area contributed by atoms with E-state index in [-0.39, 0.29) is 5.69 Å². The van der Waals surface area contributed by atoms with Crippen LogP contribution in [0.5, 0.6) is 0 Å². The van der Waals surface area contributed by atoms with Gasteiger partial charge in [-0.1, -0.05) is 18.2 Å². The van der Waals surface area contributed by atoms with Gasteiger partial charge < -0.3 is 15.8 Å². The molecule has 0 saturated carbocycles. The Morgan fingerprint density at radius 1 is 1.42 bits per heavy atom. The molecule has 0 aliphatic rings. The minimum atomic E-state index is -0.866. The molecular weight excluding hydrogens is 262 g/mol. The highest BCUT2D eigenvalue weighted by molar-refractivity contribution is 7.09. The normalized spacial score (nSPS) is 12.7. The summed E-state index contributed by atoms with van der Waals surface area (Å²) in [7, 11) is 0. The molecule has 96 valence electrons. The number of para-hydroxylation sites is 1. The summed E-state index contributed by atoms with van der Waals surface area (Å²) in [6.07, 6.45) is 0.884. The number of nitrogens with one attached hydrogen (secondary N) is 1. The van der Waals surface area contributed by atoms with Crippen molar-refractivity contribution in [2.24, 2.45) is 5.73 Å². The molecule has 4 N–H and O–H groups in total. The highest BCUT2D eigenvalue weighted by Crippen LogP contribution is 2.30. The maximum absolute atomic E-state index is 11.0. The lowest BCUT2D eigenvalue weighted by Gasteiger charge is -2.05. The van der Waals surface area contributed by atoms with Crippen LogP contribution >= 0.6 is 11.3 Å². The molecule has 6 heteroatoms. The number of benzene rings is 1. The summed E-state index contributed by atoms with van der Waals surface area (Å²) in [5.74, 6) is -0.589. The van der Waals surface area contributed by atoms with Gasteiger partial charge in [-0.25, -0.2) is 4.98 Å². The first-order valence-corrected chi connectivity index (χ1v) is 6.54. The third-order valence-corrected chi connectivity index (χ3v) is 3.82. The number of carbonyl (C=O) groups excluding carboxylic acids is 1. The summed E-state index contributed by atoms with van der Waals surface area (Å²) in [5, 5.41) is 13.3. The average molecular weight is 273 g/mol. The molecule has 1 amide bonds. The second-order valence-electron chi connectivity index (χ2n) is 4.13. The van der Waals surface area contributed by atoms with Gasteiger partial charge in [0.15, 0.2) is 0 Å². The largest absolute Gasteiger partial charge is 0.381 e. The molecule has 0 aliphatic heterocycles. The van der Waals surface area contributed by atoms with Crippen LogP contribution in [-0.2, 0) is 0 Å². The minimum absolute atomic E-state index is 0.180. The van der Waals surface area contributed by atoms with Crippen LogP contribution in [-0.4, -0.2) is 21.0 Å². The number of aliphatic hydroxyl groups is 1. The topological polar surface area (TPSA) is 92.0 Å². The Morgan fingerprint density at radius 2 is 2.21 bits per heavy atom. The van der Waals surface area contributed by atoms with Crippen molar-refractivity contribution >= 4 is 28.1 Å². The number of aliphatic hydroxyl groups excluding tert-OH is 1. The van der Waals surface area contributed by atoms with Gasteiger partial charge >= 0.3 is 0 Å². The van der Waals surface area contributed by atoms with Gasteiger partial charge in [-0.2, -0.15) is 0 Å². The van der Waals surface area contributed by atoms with Crippen molar-refractivity contribution in [3.63, 3.8) is 0 Å². The summed E-state index contributed by atoms with van der Waals surface area (Å²) in [4.78, 5) is 18.2. The quantitative estimate of drug-likeness (QED) is 0.679. The predicted octanol–water partition coefficient (Wildman–Crippen LogP) is 1.80. The second kappa shape index (κ2) is 4.49. The van der Waals surface area contributed by atoms with Gasteiger partial charge in [-0.05, 0) is 6.07 Å². The first kappa shape index (κ1) is 11.9. The smallest absolute Gasteiger partial charge is 0.268 e. The van der Waals surface area contributed by atoms with Gasteiger partial charge in [0.2, 0.25) is 0 Å². The third-order valence-electron chi connectivity index (χ3n) is 2.92. The lowest BCUT2D eigenvalue weighted by Crippen LogP contribution is -2.11. The second-order valence-corrected chi connectivity index (χ2v) is 5.02. The highest BCUT2D eigenvalue weighted by atomic mass is 32.1. The number of primary amides is 1. The van der Waals surface area contributed by atoms with Crippen LogP contribution in [0.25, 0.3) is 10.9 Å². The number of amides is 1. The number of H-pyrrole nitrogens is 1. The van der Waals surface area contributed by atoms with E-state index in [4.69, 9.17) is 5.73 Å². The van der Waals surface area contributed by atoms with E-state index in [1.165, 1.54) is 11.3 Å². The van der Waals surface area contributed by atoms with E-state index in [0.717, 1.165) is 16.5 Å². The van der Waals surface area contributed by atoms with Gasteiger partial charge in [0, 0.05) is 28.0 Å². The van der Waals surface area contributed by atoms with Crippen molar-refractivity contribution in [2.45, 2.75) is 6.10 Å². The van der Waals surface area contributed by atoms with E-state index in [9.17, 15) is 9.90 Å². The van der Waals surface area contributed by atoms with Crippen molar-refractivity contribution in [3.8, 4) is 0 Å². The van der Waals surface area contributed by atoms with Gasteiger partial charge in [0.25, 0.3) is 5.91 Å². The van der Waals surface area contributed by atoms with Gasteiger partial charge in [0.05, 0.1) is 0 Å². The summed E-state index contributed by atoms with van der Waals surface area (Å²) in [6.45, 7) is 0. The fraction of sp³-hybridized carbons (Fsp3) is 0.0769. The van der Waals surface area contributed by atoms with Crippen molar-refractivity contribution in [1.82, 2.24) is 9.97 Å². The number of fused-ring (bicyclic) bond motifs is 1. The number of aromatic nitrogens is 2. The zero-order chi connectivity index (χ0) is 13.4. The van der Waals surface area contributed by atoms with E-state index in [1.807, 2.05) is 24.3 Å². The number of hydrogen-bond acceptors (Lipinski definition) is 4. The Morgan fingerprint density at radius 3 is 2.95 bits per heavy atom. The molecule has 0 saturated heterocycles. The van der Waals surface area contributed by atoms with Crippen LogP contribution in [0.15, 0.2) is 35.8 Å². The van der Waals surface area contributed by atoms with E-state index >= 15 is 0 Å². The molecule has 0 radical (unpaired) electrons. The number of aromatic amines is 1. The Kier molecular flexibility index (Phi) is 2.81. The zero-order valence-electron chi connectivity index (χ0n) is 9.83. The maximum Gasteiger partial charge on any atom is 0.268 e. The van der Waals surface area contributed by atoms with Crippen molar-refractivity contribution in [2.75, 3.05) is 0 Å². The molecule has 3 rings (SSSR count). The Labute approximate surface area is 112 Å². The predicted molar refractivity (Wildman–Crippen MR) is 73.0 cm³/mol. The molecule has 2 aromatic heterocycles. The Hall–Kier alpha value is -2.18. The number of nitrogens with two attached hydrogens (primary N) is 1. The zero-order valence-corrected chi connectivity index (χ0v) is 10.6. The molecule has 3 aromatic rings. The molecule has 2 heterocycles. The molecule has 1 atom stereocenters. The number of rotatable bonds is 3. The first-order valence-electron chi connectivity index (χ1n) is 5.66. The van der Waals surface area contributed by atoms with E-state index in [2.05, 4.69) is 9.97 Å². The first-order chi connectivity index (χ1) is 9.16. The molecule has 19 heavy (non-hydrogen) atoms. The number of carbonyl (C=O) groups is 1. The summed E-state index contributed by atoms with van der Waals surface area (Å²) >= 11 is 1.22. The van der Waals surface area contributed by atoms with Crippen molar-refractivity contribution in [3.05, 3.63) is 52.1 Å². The summed E-state index contributed by atoms with van der Waals surface area (Å²) in [6, 6.07) is 7.68. The number of nitrogens with zero attached hydrogens (tertiary/aromatic N) is 1. The monoisotopic (exact) mass is 273 g/mol. The standard InChI is InChI=1S/C13H11N3O2S/c14-12(18)10-6-19-13(16-10)11(17)8-5-15-9-4-2-1-3-7(8)9/h1-6,11,15,17H,(H2,14,18). The average Bonchev–Trinajstić information content (AvgIpc) is 3.05. The van der Waals surface area contributed by atoms with Crippen molar-refractivity contribution in [1.29, 1.82) is 0 Å². The van der Waals surface area contributed by atoms with Gasteiger partial charge in [0.1, 0.15) is 16.8 Å². The van der Waals surface area contributed by atoms with E-state index in [1.54, 1.807) is 11.6 Å². The number of thiazole rings is 1. The highest BCUT2D eigenvalue weighted by Gasteiger charge is 2.19. The molecule has 0 spiro atoms. The van der Waals surface area contributed by atoms with Crippen LogP contribution in [0, 0.1) is 0 Å². The summed E-state index contributed by atoms with van der Waals surface area (Å²) < 4.78 is 0. The number of hydrogen-bond donors (Lipinski definition) is 3. The lowest BCUT2D eigenvalue weighted by molar-refractivity contribution is 0.0995. The van der Waals surface area contributed by atoms with Gasteiger partial charge in [-0.15, -0.1) is 11.3 Å². The molecule has 1 unspecified atom stereocenters. The SMILES string of the molecule is NC(=O)c1csc(C(O)c2c[nH]c3ccccc23)n1. The Balaban J connectivity index is 2.03. The Bertz CT molecular complexity index is 747. The minimum Gasteiger partial charge on any atom is -0.381 e. The van der Waals surface area contributed by atoms with Crippen molar-refractivity contribution < 1.29 is 9.90 Å². The summed E-state index contributed by atoms with van der Waals surface area (Å²) in [5.41, 5.74) is 7.02. The van der Waals surface area contributed by atoms with Crippen LogP contribution in [0.1, 0.15) is 27.2 Å². The fourth-order valence-electron chi connectivity index (χ4n) is 1.98. The van der Waals surface area contributed by atoms with Crippen LogP contribution in [0.4, 0.5) is 0 Å². The maximum atomic E-state index is 11.0. The fourth-order valence-corrected chi connectivity index (χ4v) is 2.79. The van der Waals surface area contributed by atoms with Crippen LogP contribution in [0.2, 0.25) is 0 Å². The lowest BCUT2D eigenvalue weighted by atomic mass is 10.1. The third kappa shape index (κ3) is 2.00.